The second kappa shape index (κ2) is 4.26. The van der Waals surface area contributed by atoms with Crippen LogP contribution in [0, 0.1) is 0 Å². The van der Waals surface area contributed by atoms with E-state index in [-0.39, 0.29) is 17.7 Å². The summed E-state index contributed by atoms with van der Waals surface area (Å²) in [5.74, 6) is 0. The van der Waals surface area contributed by atoms with Crippen LogP contribution in [0.25, 0.3) is 0 Å². The number of morpholine rings is 1. The van der Waals surface area contributed by atoms with Crippen LogP contribution in [0.4, 0.5) is 0 Å². The monoisotopic (exact) mass is 230 g/mol. The molecule has 0 amide bonds. The summed E-state index contributed by atoms with van der Waals surface area (Å²) < 4.78 is 5.98. The third kappa shape index (κ3) is 4.01. The Hall–Kier alpha value is -0.160. The maximum absolute atomic E-state index is 10.0. The molecule has 1 saturated heterocycles. The van der Waals surface area contributed by atoms with Crippen LogP contribution >= 0.6 is 0 Å². The third-order valence-electron chi connectivity index (χ3n) is 2.77. The standard InChI is InChI=1S/C12H26N2O2/c1-10(2)7-14(8-11(3,4)16-10)9-12(5,15)6-13/h15H,6-9,13H2,1-5H3. The first-order valence-corrected chi connectivity index (χ1v) is 5.90. The van der Waals surface area contributed by atoms with Crippen LogP contribution in [-0.4, -0.2) is 53.0 Å². The number of nitrogens with zero attached hydrogens (tertiary/aromatic N) is 1. The molecule has 1 heterocycles. The van der Waals surface area contributed by atoms with Crippen molar-refractivity contribution in [3.63, 3.8) is 0 Å². The topological polar surface area (TPSA) is 58.7 Å². The molecule has 96 valence electrons. The van der Waals surface area contributed by atoms with Crippen molar-refractivity contribution in [3.8, 4) is 0 Å². The van der Waals surface area contributed by atoms with Gasteiger partial charge in [0.25, 0.3) is 0 Å². The van der Waals surface area contributed by atoms with E-state index in [1.165, 1.54) is 0 Å². The molecule has 0 spiro atoms. The summed E-state index contributed by atoms with van der Waals surface area (Å²) in [6.07, 6.45) is 0. The van der Waals surface area contributed by atoms with Crippen molar-refractivity contribution in [2.45, 2.75) is 51.4 Å². The first kappa shape index (κ1) is 13.9. The van der Waals surface area contributed by atoms with Crippen LogP contribution < -0.4 is 5.73 Å². The number of β-amino-alcohol motifs (C(OH)–C–C–N with tert-alkyl or cyclic N) is 1. The van der Waals surface area contributed by atoms with Crippen molar-refractivity contribution >= 4 is 0 Å². The van der Waals surface area contributed by atoms with Crippen LogP contribution in [-0.2, 0) is 4.74 Å². The van der Waals surface area contributed by atoms with E-state index in [9.17, 15) is 5.11 Å². The van der Waals surface area contributed by atoms with Crippen LogP contribution in [0.15, 0.2) is 0 Å². The van der Waals surface area contributed by atoms with E-state index in [1.807, 2.05) is 0 Å². The molecule has 0 bridgehead atoms. The van der Waals surface area contributed by atoms with Gasteiger partial charge in [-0.2, -0.15) is 0 Å². The number of nitrogens with two attached hydrogens (primary N) is 1. The highest BCUT2D eigenvalue weighted by Crippen LogP contribution is 2.28. The van der Waals surface area contributed by atoms with Gasteiger partial charge in [-0.15, -0.1) is 0 Å². The van der Waals surface area contributed by atoms with Crippen molar-refractivity contribution < 1.29 is 9.84 Å². The summed E-state index contributed by atoms with van der Waals surface area (Å²) in [5.41, 5.74) is 4.39. The van der Waals surface area contributed by atoms with E-state index in [0.29, 0.717) is 6.54 Å². The molecule has 0 aromatic rings. The molecule has 4 heteroatoms. The molecule has 1 aliphatic rings. The van der Waals surface area contributed by atoms with E-state index in [0.717, 1.165) is 13.1 Å². The Morgan fingerprint density at radius 1 is 1.25 bits per heavy atom. The van der Waals surface area contributed by atoms with E-state index in [4.69, 9.17) is 10.5 Å². The zero-order valence-electron chi connectivity index (χ0n) is 11.2. The molecule has 1 fully saturated rings. The molecule has 0 aliphatic carbocycles. The van der Waals surface area contributed by atoms with Crippen molar-refractivity contribution in [2.75, 3.05) is 26.2 Å². The Morgan fingerprint density at radius 3 is 2.06 bits per heavy atom. The molecule has 1 aliphatic heterocycles. The van der Waals surface area contributed by atoms with Gasteiger partial charge >= 0.3 is 0 Å². The molecule has 0 saturated carbocycles. The fourth-order valence-electron chi connectivity index (χ4n) is 2.60. The van der Waals surface area contributed by atoms with E-state index >= 15 is 0 Å². The van der Waals surface area contributed by atoms with Crippen LogP contribution in [0.2, 0.25) is 0 Å². The predicted molar refractivity (Wildman–Crippen MR) is 65.4 cm³/mol. The lowest BCUT2D eigenvalue weighted by molar-refractivity contribution is -0.187. The lowest BCUT2D eigenvalue weighted by Crippen LogP contribution is -2.60. The third-order valence-corrected chi connectivity index (χ3v) is 2.77. The first-order chi connectivity index (χ1) is 7.05. The van der Waals surface area contributed by atoms with Gasteiger partial charge in [0.05, 0.1) is 16.8 Å². The summed E-state index contributed by atoms with van der Waals surface area (Å²) in [6, 6.07) is 0. The highest BCUT2D eigenvalue weighted by Gasteiger charge is 2.39. The number of ether oxygens (including phenoxy) is 1. The zero-order chi connectivity index (χ0) is 12.6. The Bertz CT molecular complexity index is 233. The molecule has 1 unspecified atom stereocenters. The number of hydrogen-bond acceptors (Lipinski definition) is 4. The highest BCUT2D eigenvalue weighted by atomic mass is 16.5. The first-order valence-electron chi connectivity index (χ1n) is 5.90. The lowest BCUT2D eigenvalue weighted by Gasteiger charge is -2.48. The smallest absolute Gasteiger partial charge is 0.0867 e. The quantitative estimate of drug-likeness (QED) is 0.745. The largest absolute Gasteiger partial charge is 0.388 e. The number of hydrogen-bond donors (Lipinski definition) is 2. The van der Waals surface area contributed by atoms with Gasteiger partial charge in [-0.05, 0) is 34.6 Å². The molecule has 1 atom stereocenters. The molecule has 0 radical (unpaired) electrons. The van der Waals surface area contributed by atoms with E-state index in [2.05, 4.69) is 32.6 Å². The molecule has 4 nitrogen and oxygen atoms in total. The number of rotatable bonds is 3. The van der Waals surface area contributed by atoms with E-state index in [1.54, 1.807) is 6.92 Å². The van der Waals surface area contributed by atoms with Gasteiger partial charge in [0, 0.05) is 26.2 Å². The van der Waals surface area contributed by atoms with Crippen molar-refractivity contribution in [1.29, 1.82) is 0 Å². The summed E-state index contributed by atoms with van der Waals surface area (Å²) in [7, 11) is 0. The SMILES string of the molecule is CC(O)(CN)CN1CC(C)(C)OC(C)(C)C1. The minimum absolute atomic E-state index is 0.174. The van der Waals surface area contributed by atoms with Gasteiger partial charge in [0.15, 0.2) is 0 Å². The van der Waals surface area contributed by atoms with Gasteiger partial charge < -0.3 is 15.6 Å². The minimum Gasteiger partial charge on any atom is -0.388 e. The predicted octanol–water partition coefficient (Wildman–Crippen LogP) is 0.586. The molecule has 16 heavy (non-hydrogen) atoms. The highest BCUT2D eigenvalue weighted by molar-refractivity contribution is 4.91. The average molecular weight is 230 g/mol. The molecular weight excluding hydrogens is 204 g/mol. The van der Waals surface area contributed by atoms with Crippen LogP contribution in [0.1, 0.15) is 34.6 Å². The van der Waals surface area contributed by atoms with Crippen molar-refractivity contribution in [3.05, 3.63) is 0 Å². The Labute approximate surface area is 98.8 Å². The lowest BCUT2D eigenvalue weighted by atomic mass is 9.97. The van der Waals surface area contributed by atoms with Crippen molar-refractivity contribution in [1.82, 2.24) is 4.90 Å². The summed E-state index contributed by atoms with van der Waals surface area (Å²) in [5, 5.41) is 10.0. The fourth-order valence-corrected chi connectivity index (χ4v) is 2.60. The molecular formula is C12H26N2O2. The van der Waals surface area contributed by atoms with Gasteiger partial charge in [0.2, 0.25) is 0 Å². The molecule has 3 N–H and O–H groups in total. The fraction of sp³-hybridized carbons (Fsp3) is 1.00. The normalized spacial score (nSPS) is 28.7. The van der Waals surface area contributed by atoms with Gasteiger partial charge in [-0.3, -0.25) is 4.90 Å². The summed E-state index contributed by atoms with van der Waals surface area (Å²) in [6.45, 7) is 12.6. The average Bonchev–Trinajstić information content (AvgIpc) is 1.96. The Morgan fingerprint density at radius 2 is 1.69 bits per heavy atom. The van der Waals surface area contributed by atoms with Crippen LogP contribution in [0.3, 0.4) is 0 Å². The van der Waals surface area contributed by atoms with Gasteiger partial charge in [0.1, 0.15) is 0 Å². The minimum atomic E-state index is -0.816. The zero-order valence-corrected chi connectivity index (χ0v) is 11.2. The Balaban J connectivity index is 2.68. The van der Waals surface area contributed by atoms with Crippen LogP contribution in [0.5, 0.6) is 0 Å². The molecule has 0 aromatic heterocycles. The van der Waals surface area contributed by atoms with Gasteiger partial charge in [-0.1, -0.05) is 0 Å². The molecule has 1 rings (SSSR count). The maximum Gasteiger partial charge on any atom is 0.0867 e. The Kier molecular flexibility index (Phi) is 3.70. The van der Waals surface area contributed by atoms with Crippen molar-refractivity contribution in [2.24, 2.45) is 5.73 Å². The number of aliphatic hydroxyl groups is 1. The second-order valence-electron chi connectivity index (χ2n) is 6.47. The summed E-state index contributed by atoms with van der Waals surface area (Å²) >= 11 is 0. The second-order valence-corrected chi connectivity index (χ2v) is 6.47. The maximum atomic E-state index is 10.0. The van der Waals surface area contributed by atoms with Gasteiger partial charge in [-0.25, -0.2) is 0 Å². The van der Waals surface area contributed by atoms with E-state index < -0.39 is 5.60 Å². The summed E-state index contributed by atoms with van der Waals surface area (Å²) in [4.78, 5) is 2.23. The molecule has 0 aromatic carbocycles.